The van der Waals surface area contributed by atoms with Gasteiger partial charge in [-0.25, -0.2) is 0 Å². The van der Waals surface area contributed by atoms with Crippen molar-refractivity contribution in [1.82, 2.24) is 4.57 Å². The Kier molecular flexibility index (Phi) is 4.96. The molecule has 0 N–H and O–H groups in total. The van der Waals surface area contributed by atoms with Crippen molar-refractivity contribution in [2.75, 3.05) is 0 Å². The quantitative estimate of drug-likeness (QED) is 0.156. The second kappa shape index (κ2) is 7.56. The van der Waals surface area contributed by atoms with E-state index in [4.69, 9.17) is 0 Å². The van der Waals surface area contributed by atoms with E-state index >= 15 is 0 Å². The number of thiophene rings is 1. The summed E-state index contributed by atoms with van der Waals surface area (Å²) in [5.41, 5.74) is 1.96. The summed E-state index contributed by atoms with van der Waals surface area (Å²) >= 11 is 1.48. The number of hydrogen-bond acceptors (Lipinski definition) is 4. The highest BCUT2D eigenvalue weighted by atomic mass is 32.1. The Bertz CT molecular complexity index is 1190. The number of rotatable bonds is 7. The lowest BCUT2D eigenvalue weighted by atomic mass is 10.1. The van der Waals surface area contributed by atoms with Gasteiger partial charge in [0.15, 0.2) is 5.78 Å². The van der Waals surface area contributed by atoms with Gasteiger partial charge in [0.25, 0.3) is 5.69 Å². The second-order valence-electron chi connectivity index (χ2n) is 6.83. The van der Waals surface area contributed by atoms with Crippen LogP contribution in [0.2, 0.25) is 0 Å². The summed E-state index contributed by atoms with van der Waals surface area (Å²) < 4.78 is 2.09. The van der Waals surface area contributed by atoms with Crippen molar-refractivity contribution < 1.29 is 9.72 Å². The molecule has 0 saturated heterocycles. The summed E-state index contributed by atoms with van der Waals surface area (Å²) in [5.74, 6) is 0.182. The number of benzene rings is 2. The number of Topliss-reactive ketones (excluding diaryl/α,β-unsaturated/α-hetero) is 1. The Morgan fingerprint density at radius 2 is 1.82 bits per heavy atom. The molecule has 0 atom stereocenters. The van der Waals surface area contributed by atoms with Gasteiger partial charge in [-0.05, 0) is 30.7 Å². The van der Waals surface area contributed by atoms with Crippen molar-refractivity contribution in [3.8, 4) is 5.00 Å². The maximum absolute atomic E-state index is 12.5. The third kappa shape index (κ3) is 3.20. The van der Waals surface area contributed by atoms with Crippen molar-refractivity contribution in [2.24, 2.45) is 0 Å². The fraction of sp³-hybridized carbons (Fsp3) is 0.227. The minimum Gasteiger partial charge on any atom is -0.301 e. The monoisotopic (exact) mass is 392 g/mol. The molecule has 0 amide bonds. The van der Waals surface area contributed by atoms with E-state index in [0.717, 1.165) is 50.9 Å². The number of hydrogen-bond donors (Lipinski definition) is 0. The fourth-order valence-electron chi connectivity index (χ4n) is 3.57. The molecule has 0 fully saturated rings. The molecule has 0 aliphatic heterocycles. The van der Waals surface area contributed by atoms with Crippen LogP contribution in [0, 0.1) is 10.1 Å². The summed E-state index contributed by atoms with van der Waals surface area (Å²) in [4.78, 5) is 24.1. The molecule has 2 aromatic heterocycles. The van der Waals surface area contributed by atoms with Gasteiger partial charge in [0.2, 0.25) is 0 Å². The maximum Gasteiger partial charge on any atom is 0.270 e. The van der Waals surface area contributed by atoms with E-state index in [1.54, 1.807) is 12.1 Å². The van der Waals surface area contributed by atoms with E-state index in [1.165, 1.54) is 17.4 Å². The average Bonchev–Trinajstić information content (AvgIpc) is 3.30. The number of carbonyl (C=O) groups excluding carboxylic acids is 1. The first kappa shape index (κ1) is 18.4. The predicted octanol–water partition coefficient (Wildman–Crippen LogP) is 6.52. The van der Waals surface area contributed by atoms with Crippen molar-refractivity contribution >= 4 is 44.6 Å². The molecular weight excluding hydrogens is 372 g/mol. The van der Waals surface area contributed by atoms with Gasteiger partial charge in [-0.1, -0.05) is 38.0 Å². The Balaban J connectivity index is 1.82. The highest BCUT2D eigenvalue weighted by Gasteiger charge is 2.17. The number of nitro groups is 1. The first-order valence-corrected chi connectivity index (χ1v) is 10.2. The SMILES string of the molecule is CCCCCC(=O)c1ccc(-n2c3ccccc3c3cc([N+](=O)[O-])ccc32)s1. The standard InChI is InChI=1S/C22H20N2O3S/c1-2-3-4-9-20(25)21-12-13-22(28-21)23-18-8-6-5-7-16(18)17-14-15(24(26)27)10-11-19(17)23/h5-8,10-14H,2-4,9H2,1H3. The minimum atomic E-state index is -0.371. The number of aromatic nitrogens is 1. The molecular formula is C22H20N2O3S. The van der Waals surface area contributed by atoms with Crippen LogP contribution in [-0.4, -0.2) is 15.3 Å². The molecule has 4 rings (SSSR count). The Morgan fingerprint density at radius 1 is 1.04 bits per heavy atom. The molecule has 0 unspecified atom stereocenters. The summed E-state index contributed by atoms with van der Waals surface area (Å²) in [6, 6.07) is 16.7. The van der Waals surface area contributed by atoms with Crippen LogP contribution in [-0.2, 0) is 0 Å². The van der Waals surface area contributed by atoms with Gasteiger partial charge in [0.1, 0.15) is 5.00 Å². The van der Waals surface area contributed by atoms with Crippen LogP contribution in [0.4, 0.5) is 5.69 Å². The van der Waals surface area contributed by atoms with Gasteiger partial charge in [-0.15, -0.1) is 11.3 Å². The van der Waals surface area contributed by atoms with Crippen LogP contribution in [0.5, 0.6) is 0 Å². The molecule has 5 nitrogen and oxygen atoms in total. The number of nitro benzene ring substituents is 1. The molecule has 0 bridgehead atoms. The molecule has 2 heterocycles. The number of unbranched alkanes of at least 4 members (excludes halogenated alkanes) is 2. The van der Waals surface area contributed by atoms with Gasteiger partial charge < -0.3 is 4.57 Å². The van der Waals surface area contributed by atoms with Gasteiger partial charge in [-0.2, -0.15) is 0 Å². The lowest BCUT2D eigenvalue weighted by Crippen LogP contribution is -1.95. The van der Waals surface area contributed by atoms with E-state index < -0.39 is 0 Å². The zero-order chi connectivity index (χ0) is 19.7. The van der Waals surface area contributed by atoms with Gasteiger partial charge in [0.05, 0.1) is 20.8 Å². The largest absolute Gasteiger partial charge is 0.301 e. The van der Waals surface area contributed by atoms with Crippen LogP contribution in [0.3, 0.4) is 0 Å². The topological polar surface area (TPSA) is 65.1 Å². The van der Waals surface area contributed by atoms with Crippen LogP contribution in [0.25, 0.3) is 26.8 Å². The summed E-state index contributed by atoms with van der Waals surface area (Å²) in [5, 5.41) is 14.0. The van der Waals surface area contributed by atoms with Crippen LogP contribution >= 0.6 is 11.3 Å². The number of carbonyl (C=O) groups is 1. The number of nitrogens with zero attached hydrogens (tertiary/aromatic N) is 2. The molecule has 4 aromatic rings. The summed E-state index contributed by atoms with van der Waals surface area (Å²) in [6.07, 6.45) is 3.65. The lowest BCUT2D eigenvalue weighted by molar-refractivity contribution is -0.384. The van der Waals surface area contributed by atoms with E-state index in [0.29, 0.717) is 6.42 Å². The highest BCUT2D eigenvalue weighted by molar-refractivity contribution is 7.16. The molecule has 2 aromatic carbocycles. The van der Waals surface area contributed by atoms with Crippen LogP contribution < -0.4 is 0 Å². The first-order valence-electron chi connectivity index (χ1n) is 9.41. The molecule has 0 saturated carbocycles. The maximum atomic E-state index is 12.5. The fourth-order valence-corrected chi connectivity index (χ4v) is 4.57. The predicted molar refractivity (Wildman–Crippen MR) is 114 cm³/mol. The van der Waals surface area contributed by atoms with Gasteiger partial charge in [0, 0.05) is 29.3 Å². The zero-order valence-electron chi connectivity index (χ0n) is 15.6. The Hall–Kier alpha value is -2.99. The number of ketones is 1. The summed E-state index contributed by atoms with van der Waals surface area (Å²) in [7, 11) is 0. The molecule has 0 radical (unpaired) electrons. The van der Waals surface area contributed by atoms with Crippen molar-refractivity contribution in [2.45, 2.75) is 32.6 Å². The zero-order valence-corrected chi connectivity index (χ0v) is 16.4. The highest BCUT2D eigenvalue weighted by Crippen LogP contribution is 2.36. The van der Waals surface area contributed by atoms with E-state index in [-0.39, 0.29) is 16.4 Å². The van der Waals surface area contributed by atoms with E-state index in [1.807, 2.05) is 36.4 Å². The third-order valence-corrected chi connectivity index (χ3v) is 6.07. The van der Waals surface area contributed by atoms with Crippen molar-refractivity contribution in [3.63, 3.8) is 0 Å². The molecule has 0 aliphatic carbocycles. The van der Waals surface area contributed by atoms with Crippen LogP contribution in [0.1, 0.15) is 42.3 Å². The van der Waals surface area contributed by atoms with Crippen LogP contribution in [0.15, 0.2) is 54.6 Å². The van der Waals surface area contributed by atoms with Gasteiger partial charge in [-0.3, -0.25) is 14.9 Å². The van der Waals surface area contributed by atoms with E-state index in [2.05, 4.69) is 11.5 Å². The molecule has 28 heavy (non-hydrogen) atoms. The van der Waals surface area contributed by atoms with Crippen molar-refractivity contribution in [1.29, 1.82) is 0 Å². The molecule has 6 heteroatoms. The molecule has 142 valence electrons. The smallest absolute Gasteiger partial charge is 0.270 e. The second-order valence-corrected chi connectivity index (χ2v) is 7.89. The first-order chi connectivity index (χ1) is 13.6. The Morgan fingerprint density at radius 3 is 2.61 bits per heavy atom. The lowest BCUT2D eigenvalue weighted by Gasteiger charge is -2.04. The number of non-ortho nitro benzene ring substituents is 1. The Labute approximate surface area is 166 Å². The molecule has 0 spiro atoms. The average molecular weight is 392 g/mol. The summed E-state index contributed by atoms with van der Waals surface area (Å²) in [6.45, 7) is 2.13. The number of fused-ring (bicyclic) bond motifs is 3. The molecule has 0 aliphatic rings. The van der Waals surface area contributed by atoms with Crippen molar-refractivity contribution in [3.05, 3.63) is 69.6 Å². The normalized spacial score (nSPS) is 11.3. The number of para-hydroxylation sites is 1. The minimum absolute atomic E-state index is 0.0772. The van der Waals surface area contributed by atoms with E-state index in [9.17, 15) is 14.9 Å². The van der Waals surface area contributed by atoms with Gasteiger partial charge >= 0.3 is 0 Å². The third-order valence-electron chi connectivity index (χ3n) is 4.96.